The molecule has 5 heteroatoms. The van der Waals surface area contributed by atoms with Crippen LogP contribution < -0.4 is 11.1 Å². The van der Waals surface area contributed by atoms with Crippen LogP contribution in [0.15, 0.2) is 30.3 Å². The highest BCUT2D eigenvalue weighted by molar-refractivity contribution is 5.72. The maximum Gasteiger partial charge on any atom is 0.314 e. The maximum atomic E-state index is 11.3. The van der Waals surface area contributed by atoms with Gasteiger partial charge in [-0.2, -0.15) is 0 Å². The van der Waals surface area contributed by atoms with Crippen LogP contribution in [0.5, 0.6) is 0 Å². The van der Waals surface area contributed by atoms with Crippen LogP contribution in [0.1, 0.15) is 44.2 Å². The predicted molar refractivity (Wildman–Crippen MR) is 101 cm³/mol. The fourth-order valence-corrected chi connectivity index (χ4v) is 4.06. The van der Waals surface area contributed by atoms with Crippen LogP contribution in [0.3, 0.4) is 0 Å². The molecular formula is C20H32N4O. The van der Waals surface area contributed by atoms with E-state index in [1.54, 1.807) is 4.90 Å². The zero-order chi connectivity index (χ0) is 17.6. The number of rotatable bonds is 5. The van der Waals surface area contributed by atoms with E-state index in [-0.39, 0.29) is 6.03 Å². The first-order chi connectivity index (χ1) is 12.1. The number of nitrogens with one attached hydrogen (secondary N) is 1. The quantitative estimate of drug-likeness (QED) is 0.863. The number of nitrogens with zero attached hydrogens (tertiary/aromatic N) is 2. The van der Waals surface area contributed by atoms with Crippen LogP contribution >= 0.6 is 0 Å². The molecule has 3 rings (SSSR count). The average Bonchev–Trinajstić information content (AvgIpc) is 2.64. The number of hydrogen-bond acceptors (Lipinski definition) is 3. The van der Waals surface area contributed by atoms with Gasteiger partial charge < -0.3 is 16.0 Å². The van der Waals surface area contributed by atoms with E-state index in [4.69, 9.17) is 5.73 Å². The molecule has 2 fully saturated rings. The summed E-state index contributed by atoms with van der Waals surface area (Å²) in [5.41, 5.74) is 6.78. The first-order valence-corrected chi connectivity index (χ1v) is 9.70. The Labute approximate surface area is 151 Å². The number of amides is 2. The number of piperidine rings is 2. The number of primary amides is 1. The van der Waals surface area contributed by atoms with Gasteiger partial charge in [-0.15, -0.1) is 0 Å². The fourth-order valence-electron chi connectivity index (χ4n) is 4.06. The van der Waals surface area contributed by atoms with Crippen LogP contribution in [0, 0.1) is 5.92 Å². The van der Waals surface area contributed by atoms with Crippen LogP contribution in [0.2, 0.25) is 0 Å². The molecule has 2 aliphatic rings. The highest BCUT2D eigenvalue weighted by atomic mass is 16.2. The third-order valence-corrected chi connectivity index (χ3v) is 5.85. The molecule has 0 radical (unpaired) electrons. The molecule has 1 unspecified atom stereocenters. The van der Waals surface area contributed by atoms with E-state index in [0.29, 0.717) is 12.1 Å². The SMILES string of the molecule is CC1CCN(C(CNC2CCN(C(N)=O)CC2)c2ccccc2)CC1. The standard InChI is InChI=1S/C20H32N4O/c1-16-7-11-23(12-8-16)19(17-5-3-2-4-6-17)15-22-18-9-13-24(14-10-18)20(21)25/h2-6,16,18-19,22H,7-15H2,1H3,(H2,21,25). The molecule has 2 aliphatic heterocycles. The molecule has 1 aromatic carbocycles. The Morgan fingerprint density at radius 1 is 1.12 bits per heavy atom. The molecule has 3 N–H and O–H groups in total. The van der Waals surface area contributed by atoms with Gasteiger partial charge in [0.1, 0.15) is 0 Å². The van der Waals surface area contributed by atoms with Crippen LogP contribution in [0.25, 0.3) is 0 Å². The largest absolute Gasteiger partial charge is 0.351 e. The smallest absolute Gasteiger partial charge is 0.314 e. The minimum absolute atomic E-state index is 0.289. The Balaban J connectivity index is 1.58. The molecule has 0 aliphatic carbocycles. The molecule has 25 heavy (non-hydrogen) atoms. The maximum absolute atomic E-state index is 11.3. The molecule has 0 bridgehead atoms. The van der Waals surface area contributed by atoms with Crippen molar-refractivity contribution in [2.75, 3.05) is 32.7 Å². The normalized spacial score (nSPS) is 22.0. The average molecular weight is 345 g/mol. The lowest BCUT2D eigenvalue weighted by Gasteiger charge is -2.38. The van der Waals surface area contributed by atoms with E-state index in [0.717, 1.165) is 38.4 Å². The lowest BCUT2D eigenvalue weighted by atomic mass is 9.95. The van der Waals surface area contributed by atoms with Crippen molar-refractivity contribution in [1.82, 2.24) is 15.1 Å². The van der Waals surface area contributed by atoms with Gasteiger partial charge >= 0.3 is 6.03 Å². The van der Waals surface area contributed by atoms with Crippen molar-refractivity contribution < 1.29 is 4.79 Å². The summed E-state index contributed by atoms with van der Waals surface area (Å²) in [6, 6.07) is 11.5. The van der Waals surface area contributed by atoms with E-state index in [1.807, 2.05) is 0 Å². The Morgan fingerprint density at radius 2 is 1.76 bits per heavy atom. The predicted octanol–water partition coefficient (Wildman–Crippen LogP) is 2.59. The fraction of sp³-hybridized carbons (Fsp3) is 0.650. The second-order valence-electron chi connectivity index (χ2n) is 7.65. The van der Waals surface area contributed by atoms with Gasteiger partial charge in [0.05, 0.1) is 0 Å². The summed E-state index contributed by atoms with van der Waals surface area (Å²) in [7, 11) is 0. The highest BCUT2D eigenvalue weighted by Crippen LogP contribution is 2.26. The summed E-state index contributed by atoms with van der Waals surface area (Å²) in [6.07, 6.45) is 4.56. The lowest BCUT2D eigenvalue weighted by molar-refractivity contribution is 0.129. The Morgan fingerprint density at radius 3 is 2.36 bits per heavy atom. The van der Waals surface area contributed by atoms with E-state index in [9.17, 15) is 4.79 Å². The number of carbonyl (C=O) groups is 1. The molecule has 2 saturated heterocycles. The monoisotopic (exact) mass is 344 g/mol. The number of urea groups is 1. The number of nitrogens with two attached hydrogens (primary N) is 1. The highest BCUT2D eigenvalue weighted by Gasteiger charge is 2.26. The van der Waals surface area contributed by atoms with Gasteiger partial charge in [0, 0.05) is 31.7 Å². The van der Waals surface area contributed by atoms with Gasteiger partial charge in [-0.3, -0.25) is 4.90 Å². The van der Waals surface area contributed by atoms with Gasteiger partial charge in [-0.25, -0.2) is 4.79 Å². The molecule has 2 heterocycles. The third kappa shape index (κ3) is 4.95. The zero-order valence-electron chi connectivity index (χ0n) is 15.4. The minimum Gasteiger partial charge on any atom is -0.351 e. The van der Waals surface area contributed by atoms with E-state index in [1.165, 1.54) is 31.5 Å². The van der Waals surface area contributed by atoms with E-state index < -0.39 is 0 Å². The van der Waals surface area contributed by atoms with E-state index in [2.05, 4.69) is 47.5 Å². The van der Waals surface area contributed by atoms with Crippen LogP contribution in [-0.4, -0.2) is 54.6 Å². The van der Waals surface area contributed by atoms with Crippen molar-refractivity contribution in [2.45, 2.75) is 44.7 Å². The van der Waals surface area contributed by atoms with Gasteiger partial charge in [0.2, 0.25) is 0 Å². The number of likely N-dealkylation sites (tertiary alicyclic amines) is 2. The number of benzene rings is 1. The summed E-state index contributed by atoms with van der Waals surface area (Å²) in [6.45, 7) is 7.23. The third-order valence-electron chi connectivity index (χ3n) is 5.85. The summed E-state index contributed by atoms with van der Waals surface area (Å²) in [5.74, 6) is 0.846. The van der Waals surface area contributed by atoms with Gasteiger partial charge in [0.15, 0.2) is 0 Å². The van der Waals surface area contributed by atoms with E-state index >= 15 is 0 Å². The molecular weight excluding hydrogens is 312 g/mol. The molecule has 138 valence electrons. The second kappa shape index (κ2) is 8.68. The molecule has 0 aromatic heterocycles. The van der Waals surface area contributed by atoms with Gasteiger partial charge in [-0.1, -0.05) is 37.3 Å². The van der Waals surface area contributed by atoms with Gasteiger partial charge in [0.25, 0.3) is 0 Å². The van der Waals surface area contributed by atoms with Crippen molar-refractivity contribution in [3.8, 4) is 0 Å². The Bertz CT molecular complexity index is 534. The molecule has 0 saturated carbocycles. The number of hydrogen-bond donors (Lipinski definition) is 2. The van der Waals surface area contributed by atoms with Crippen LogP contribution in [-0.2, 0) is 0 Å². The summed E-state index contributed by atoms with van der Waals surface area (Å²) >= 11 is 0. The zero-order valence-corrected chi connectivity index (χ0v) is 15.4. The topological polar surface area (TPSA) is 61.6 Å². The van der Waals surface area contributed by atoms with Crippen molar-refractivity contribution in [3.63, 3.8) is 0 Å². The number of carbonyl (C=O) groups excluding carboxylic acids is 1. The molecule has 0 spiro atoms. The molecule has 1 atom stereocenters. The Hall–Kier alpha value is -1.59. The lowest BCUT2D eigenvalue weighted by Crippen LogP contribution is -2.49. The second-order valence-corrected chi connectivity index (χ2v) is 7.65. The first-order valence-electron chi connectivity index (χ1n) is 9.70. The first kappa shape index (κ1) is 18.2. The molecule has 5 nitrogen and oxygen atoms in total. The molecule has 2 amide bonds. The van der Waals surface area contributed by atoms with Crippen molar-refractivity contribution in [3.05, 3.63) is 35.9 Å². The van der Waals surface area contributed by atoms with Gasteiger partial charge in [-0.05, 0) is 50.3 Å². The van der Waals surface area contributed by atoms with Crippen molar-refractivity contribution >= 4 is 6.03 Å². The summed E-state index contributed by atoms with van der Waals surface area (Å²) < 4.78 is 0. The van der Waals surface area contributed by atoms with Crippen molar-refractivity contribution in [2.24, 2.45) is 11.7 Å². The molecule has 1 aromatic rings. The summed E-state index contributed by atoms with van der Waals surface area (Å²) in [5, 5.41) is 3.77. The Kier molecular flexibility index (Phi) is 6.32. The minimum atomic E-state index is -0.289. The van der Waals surface area contributed by atoms with Crippen molar-refractivity contribution in [1.29, 1.82) is 0 Å². The van der Waals surface area contributed by atoms with Crippen LogP contribution in [0.4, 0.5) is 4.79 Å². The summed E-state index contributed by atoms with van der Waals surface area (Å²) in [4.78, 5) is 15.7.